The van der Waals surface area contributed by atoms with Gasteiger partial charge in [0.25, 0.3) is 5.91 Å². The van der Waals surface area contributed by atoms with E-state index in [1.807, 2.05) is 0 Å². The highest BCUT2D eigenvalue weighted by Crippen LogP contribution is 2.33. The number of ether oxygens (including phenoxy) is 1. The van der Waals surface area contributed by atoms with Crippen LogP contribution in [0.2, 0.25) is 5.02 Å². The number of hydrogen-bond donors (Lipinski definition) is 2. The van der Waals surface area contributed by atoms with E-state index < -0.39 is 0 Å². The van der Waals surface area contributed by atoms with Gasteiger partial charge in [0, 0.05) is 18.2 Å². The van der Waals surface area contributed by atoms with Gasteiger partial charge >= 0.3 is 0 Å². The molecule has 2 rings (SSSR count). The summed E-state index contributed by atoms with van der Waals surface area (Å²) in [5.74, 6) is 0.247. The van der Waals surface area contributed by atoms with E-state index >= 15 is 0 Å². The highest BCUT2D eigenvalue weighted by Gasteiger charge is 2.36. The Bertz CT molecular complexity index is 555. The minimum atomic E-state index is -0.188. The lowest BCUT2D eigenvalue weighted by molar-refractivity contribution is 0.0897. The van der Waals surface area contributed by atoms with Gasteiger partial charge in [-0.1, -0.05) is 24.4 Å². The molecule has 0 aromatic heterocycles. The average molecular weight is 326 g/mol. The molecule has 0 atom stereocenters. The fourth-order valence-electron chi connectivity index (χ4n) is 3.07. The number of anilines is 1. The molecule has 5 nitrogen and oxygen atoms in total. The molecule has 1 aliphatic rings. The van der Waals surface area contributed by atoms with E-state index in [2.05, 4.69) is 24.3 Å². The zero-order chi connectivity index (χ0) is 16.3. The number of amides is 1. The van der Waals surface area contributed by atoms with Crippen molar-refractivity contribution in [3.05, 3.63) is 22.7 Å². The van der Waals surface area contributed by atoms with Crippen molar-refractivity contribution in [3.8, 4) is 5.75 Å². The van der Waals surface area contributed by atoms with Crippen molar-refractivity contribution in [1.82, 2.24) is 10.2 Å². The Hall–Kier alpha value is -1.46. The largest absolute Gasteiger partial charge is 0.496 e. The number of carbonyl (C=O) groups excluding carboxylic acids is 1. The van der Waals surface area contributed by atoms with Crippen LogP contribution in [0.3, 0.4) is 0 Å². The lowest BCUT2D eigenvalue weighted by atomic mass is 9.96. The van der Waals surface area contributed by atoms with Crippen LogP contribution in [0.15, 0.2) is 12.1 Å². The molecule has 3 N–H and O–H groups in total. The second-order valence-electron chi connectivity index (χ2n) is 6.08. The standard InChI is InChI=1S/C16H24ClN3O2/c1-20(2)16(6-4-5-7-16)10-19-15(21)11-8-12(17)13(18)9-14(11)22-3/h8-9H,4-7,10,18H2,1-3H3,(H,19,21). The lowest BCUT2D eigenvalue weighted by Gasteiger charge is -2.36. The molecule has 22 heavy (non-hydrogen) atoms. The summed E-state index contributed by atoms with van der Waals surface area (Å²) in [4.78, 5) is 14.7. The van der Waals surface area contributed by atoms with Gasteiger partial charge in [-0.2, -0.15) is 0 Å². The van der Waals surface area contributed by atoms with Crippen LogP contribution in [0, 0.1) is 0 Å². The first kappa shape index (κ1) is 16.9. The summed E-state index contributed by atoms with van der Waals surface area (Å²) in [5, 5.41) is 3.38. The van der Waals surface area contributed by atoms with E-state index in [0.717, 1.165) is 12.8 Å². The molecule has 1 amide bonds. The Kier molecular flexibility index (Phi) is 5.19. The number of nitrogens with one attached hydrogen (secondary N) is 1. The Morgan fingerprint density at radius 1 is 1.41 bits per heavy atom. The number of nitrogens with two attached hydrogens (primary N) is 1. The number of nitrogens with zero attached hydrogens (tertiary/aromatic N) is 1. The van der Waals surface area contributed by atoms with Gasteiger partial charge < -0.3 is 20.7 Å². The molecule has 0 saturated heterocycles. The van der Waals surface area contributed by atoms with Gasteiger partial charge in [-0.25, -0.2) is 0 Å². The third kappa shape index (κ3) is 3.31. The van der Waals surface area contributed by atoms with E-state index in [4.69, 9.17) is 22.1 Å². The molecule has 0 spiro atoms. The molecule has 1 aliphatic carbocycles. The average Bonchev–Trinajstić information content (AvgIpc) is 2.97. The van der Waals surface area contributed by atoms with Crippen molar-refractivity contribution < 1.29 is 9.53 Å². The second-order valence-corrected chi connectivity index (χ2v) is 6.49. The van der Waals surface area contributed by atoms with Gasteiger partial charge in [-0.15, -0.1) is 0 Å². The van der Waals surface area contributed by atoms with Crippen LogP contribution in [-0.2, 0) is 0 Å². The van der Waals surface area contributed by atoms with Crippen molar-refractivity contribution in [2.45, 2.75) is 31.2 Å². The number of halogens is 1. The van der Waals surface area contributed by atoms with Crippen LogP contribution in [0.4, 0.5) is 5.69 Å². The zero-order valence-electron chi connectivity index (χ0n) is 13.4. The van der Waals surface area contributed by atoms with Gasteiger partial charge in [-0.3, -0.25) is 4.79 Å². The first-order valence-electron chi connectivity index (χ1n) is 7.48. The monoisotopic (exact) mass is 325 g/mol. The minimum Gasteiger partial charge on any atom is -0.496 e. The van der Waals surface area contributed by atoms with E-state index in [1.54, 1.807) is 12.1 Å². The molecular weight excluding hydrogens is 302 g/mol. The summed E-state index contributed by atoms with van der Waals surface area (Å²) in [5.41, 5.74) is 6.60. The topological polar surface area (TPSA) is 67.6 Å². The van der Waals surface area contributed by atoms with Crippen molar-refractivity contribution >= 4 is 23.2 Å². The Balaban J connectivity index is 2.14. The zero-order valence-corrected chi connectivity index (χ0v) is 14.2. The van der Waals surface area contributed by atoms with Crippen molar-refractivity contribution in [2.24, 2.45) is 0 Å². The number of nitrogen functional groups attached to an aromatic ring is 1. The van der Waals surface area contributed by atoms with Gasteiger partial charge in [0.15, 0.2) is 0 Å². The maximum Gasteiger partial charge on any atom is 0.255 e. The summed E-state index contributed by atoms with van der Waals surface area (Å²) in [6.45, 7) is 0.615. The Labute approximate surface area is 136 Å². The van der Waals surface area contributed by atoms with Crippen molar-refractivity contribution in [2.75, 3.05) is 33.5 Å². The third-order valence-electron chi connectivity index (χ3n) is 4.62. The van der Waals surface area contributed by atoms with Crippen LogP contribution < -0.4 is 15.8 Å². The highest BCUT2D eigenvalue weighted by atomic mass is 35.5. The SMILES string of the molecule is COc1cc(N)c(Cl)cc1C(=O)NCC1(N(C)C)CCCC1. The molecule has 6 heteroatoms. The normalized spacial score (nSPS) is 16.8. The van der Waals surface area contributed by atoms with Crippen LogP contribution in [0.5, 0.6) is 5.75 Å². The smallest absolute Gasteiger partial charge is 0.255 e. The van der Waals surface area contributed by atoms with Gasteiger partial charge in [0.05, 0.1) is 23.4 Å². The fraction of sp³-hybridized carbons (Fsp3) is 0.562. The predicted octanol–water partition coefficient (Wildman–Crippen LogP) is 2.54. The molecule has 0 aliphatic heterocycles. The molecule has 1 saturated carbocycles. The third-order valence-corrected chi connectivity index (χ3v) is 4.95. The van der Waals surface area contributed by atoms with Crippen LogP contribution in [0.25, 0.3) is 0 Å². The van der Waals surface area contributed by atoms with E-state index in [9.17, 15) is 4.79 Å². The van der Waals surface area contributed by atoms with E-state index in [-0.39, 0.29) is 11.4 Å². The lowest BCUT2D eigenvalue weighted by Crippen LogP contribution is -2.50. The predicted molar refractivity (Wildman–Crippen MR) is 89.6 cm³/mol. The van der Waals surface area contributed by atoms with Gasteiger partial charge in [0.2, 0.25) is 0 Å². The number of methoxy groups -OCH3 is 1. The fourth-order valence-corrected chi connectivity index (χ4v) is 3.23. The van der Waals surface area contributed by atoms with Crippen LogP contribution in [-0.4, -0.2) is 44.1 Å². The van der Waals surface area contributed by atoms with Crippen LogP contribution in [0.1, 0.15) is 36.0 Å². The molecule has 0 radical (unpaired) electrons. The number of carbonyl (C=O) groups is 1. The molecular formula is C16H24ClN3O2. The van der Waals surface area contributed by atoms with Crippen LogP contribution >= 0.6 is 11.6 Å². The number of rotatable bonds is 5. The van der Waals surface area contributed by atoms with Gasteiger partial charge in [-0.05, 0) is 33.0 Å². The summed E-state index contributed by atoms with van der Waals surface area (Å²) in [6, 6.07) is 3.14. The Morgan fingerprint density at radius 2 is 2.05 bits per heavy atom. The minimum absolute atomic E-state index is 0.0422. The number of benzene rings is 1. The summed E-state index contributed by atoms with van der Waals surface area (Å²) >= 11 is 6.02. The van der Waals surface area contributed by atoms with Gasteiger partial charge in [0.1, 0.15) is 5.75 Å². The highest BCUT2D eigenvalue weighted by molar-refractivity contribution is 6.33. The number of hydrogen-bond acceptors (Lipinski definition) is 4. The van der Waals surface area contributed by atoms with Crippen molar-refractivity contribution in [3.63, 3.8) is 0 Å². The summed E-state index contributed by atoms with van der Waals surface area (Å²) in [7, 11) is 5.65. The summed E-state index contributed by atoms with van der Waals surface area (Å²) < 4.78 is 5.24. The molecule has 1 fully saturated rings. The number of likely N-dealkylation sites (N-methyl/N-ethyl adjacent to an activating group) is 1. The first-order chi connectivity index (χ1) is 10.4. The van der Waals surface area contributed by atoms with Crippen molar-refractivity contribution in [1.29, 1.82) is 0 Å². The molecule has 122 valence electrons. The molecule has 1 aromatic rings. The Morgan fingerprint density at radius 3 is 2.59 bits per heavy atom. The van der Waals surface area contributed by atoms with E-state index in [0.29, 0.717) is 28.6 Å². The maximum atomic E-state index is 12.5. The maximum absolute atomic E-state index is 12.5. The second kappa shape index (κ2) is 6.75. The first-order valence-corrected chi connectivity index (χ1v) is 7.86. The molecule has 0 unspecified atom stereocenters. The molecule has 0 bridgehead atoms. The quantitative estimate of drug-likeness (QED) is 0.816. The molecule has 0 heterocycles. The summed E-state index contributed by atoms with van der Waals surface area (Å²) in [6.07, 6.45) is 4.59. The van der Waals surface area contributed by atoms with E-state index in [1.165, 1.54) is 20.0 Å². The molecule has 1 aromatic carbocycles.